The zero-order chi connectivity index (χ0) is 18.3. The van der Waals surface area contributed by atoms with Crippen LogP contribution in [0.1, 0.15) is 47.0 Å². The number of hydrogen-bond donors (Lipinski definition) is 2. The Morgan fingerprint density at radius 2 is 1.88 bits per heavy atom. The van der Waals surface area contributed by atoms with Gasteiger partial charge in [-0.15, -0.1) is 0 Å². The smallest absolute Gasteiger partial charge is 0.328 e. The maximum absolute atomic E-state index is 11.9. The summed E-state index contributed by atoms with van der Waals surface area (Å²) in [6, 6.07) is 0. The molecule has 1 aliphatic carbocycles. The number of carbonyl (C=O) groups excluding carboxylic acids is 1. The first-order valence-electron chi connectivity index (χ1n) is 8.11. The number of amides is 1. The van der Waals surface area contributed by atoms with Crippen LogP contribution in [0.5, 0.6) is 0 Å². The van der Waals surface area contributed by atoms with Crippen LogP contribution in [-0.4, -0.2) is 17.0 Å². The number of nitrogens with two attached hydrogens (primary N) is 1. The van der Waals surface area contributed by atoms with E-state index in [-0.39, 0.29) is 5.91 Å². The lowest BCUT2D eigenvalue weighted by Gasteiger charge is -2.33. The Kier molecular flexibility index (Phi) is 6.96. The molecule has 4 heteroatoms. The van der Waals surface area contributed by atoms with Crippen LogP contribution in [0.2, 0.25) is 0 Å². The Hall–Kier alpha value is -2.36. The van der Waals surface area contributed by atoms with Crippen LogP contribution in [0.4, 0.5) is 0 Å². The molecule has 0 saturated heterocycles. The van der Waals surface area contributed by atoms with Crippen LogP contribution in [0.15, 0.2) is 58.7 Å². The van der Waals surface area contributed by atoms with Crippen LogP contribution in [0.25, 0.3) is 0 Å². The van der Waals surface area contributed by atoms with Crippen LogP contribution in [-0.2, 0) is 9.59 Å². The fourth-order valence-corrected chi connectivity index (χ4v) is 2.89. The van der Waals surface area contributed by atoms with Gasteiger partial charge in [-0.2, -0.15) is 0 Å². The highest BCUT2D eigenvalue weighted by molar-refractivity contribution is 5.85. The lowest BCUT2D eigenvalue weighted by atomic mass is 9.70. The van der Waals surface area contributed by atoms with E-state index in [1.807, 2.05) is 38.2 Å². The molecule has 1 atom stereocenters. The fraction of sp³-hybridized carbons (Fsp3) is 0.400. The van der Waals surface area contributed by atoms with E-state index < -0.39 is 11.4 Å². The molecule has 0 aromatic heterocycles. The highest BCUT2D eigenvalue weighted by Crippen LogP contribution is 2.41. The van der Waals surface area contributed by atoms with Crippen molar-refractivity contribution < 1.29 is 14.7 Å². The van der Waals surface area contributed by atoms with Gasteiger partial charge in [-0.3, -0.25) is 4.79 Å². The molecule has 1 aliphatic rings. The third-order valence-electron chi connectivity index (χ3n) is 4.41. The first-order chi connectivity index (χ1) is 11.2. The zero-order valence-electron chi connectivity index (χ0n) is 14.9. The van der Waals surface area contributed by atoms with Crippen molar-refractivity contribution in [1.29, 1.82) is 0 Å². The van der Waals surface area contributed by atoms with Crippen molar-refractivity contribution in [2.24, 2.45) is 11.1 Å². The second kappa shape index (κ2) is 8.48. The van der Waals surface area contributed by atoms with Crippen molar-refractivity contribution in [3.05, 3.63) is 58.7 Å². The molecule has 0 fully saturated rings. The van der Waals surface area contributed by atoms with E-state index in [1.54, 1.807) is 13.0 Å². The topological polar surface area (TPSA) is 80.4 Å². The minimum Gasteiger partial charge on any atom is -0.478 e. The first-order valence-corrected chi connectivity index (χ1v) is 8.11. The van der Waals surface area contributed by atoms with Crippen LogP contribution in [0, 0.1) is 5.41 Å². The van der Waals surface area contributed by atoms with Crippen molar-refractivity contribution >= 4 is 11.9 Å². The van der Waals surface area contributed by atoms with Crippen LogP contribution in [0.3, 0.4) is 0 Å². The number of hydrogen-bond acceptors (Lipinski definition) is 2. The van der Waals surface area contributed by atoms with Crippen LogP contribution < -0.4 is 5.73 Å². The second-order valence-electron chi connectivity index (χ2n) is 6.57. The predicted molar refractivity (Wildman–Crippen MR) is 97.3 cm³/mol. The third kappa shape index (κ3) is 5.37. The van der Waals surface area contributed by atoms with Gasteiger partial charge < -0.3 is 10.8 Å². The number of carboxylic acids is 1. The molecule has 3 N–H and O–H groups in total. The maximum atomic E-state index is 11.9. The van der Waals surface area contributed by atoms with E-state index in [9.17, 15) is 9.59 Å². The van der Waals surface area contributed by atoms with Gasteiger partial charge in [0.2, 0.25) is 5.91 Å². The molecular formula is C20H27NO3. The maximum Gasteiger partial charge on any atom is 0.328 e. The van der Waals surface area contributed by atoms with Gasteiger partial charge in [0.05, 0.1) is 5.41 Å². The fourth-order valence-electron chi connectivity index (χ4n) is 2.89. The van der Waals surface area contributed by atoms with E-state index in [4.69, 9.17) is 10.8 Å². The Balaban J connectivity index is 2.94. The van der Waals surface area contributed by atoms with Crippen molar-refractivity contribution in [1.82, 2.24) is 0 Å². The SMILES string of the molecule is CC1=C(/C=C/C(C)=C/C=C/C(C)=C/C(=O)O)[C@@](C)(C(N)=O)CCC1. The molecule has 0 aliphatic heterocycles. The van der Waals surface area contributed by atoms with E-state index in [2.05, 4.69) is 6.92 Å². The molecule has 0 bridgehead atoms. The van der Waals surface area contributed by atoms with Gasteiger partial charge in [-0.25, -0.2) is 4.79 Å². The van der Waals surface area contributed by atoms with Gasteiger partial charge in [0.25, 0.3) is 0 Å². The van der Waals surface area contributed by atoms with Crippen molar-refractivity contribution in [3.8, 4) is 0 Å². The van der Waals surface area contributed by atoms with E-state index in [1.165, 1.54) is 5.57 Å². The van der Waals surface area contributed by atoms with Crippen LogP contribution >= 0.6 is 0 Å². The summed E-state index contributed by atoms with van der Waals surface area (Å²) in [4.78, 5) is 22.4. The lowest BCUT2D eigenvalue weighted by molar-refractivity contribution is -0.131. The molecule has 0 spiro atoms. The molecule has 0 radical (unpaired) electrons. The number of carbonyl (C=O) groups is 2. The van der Waals surface area contributed by atoms with Crippen molar-refractivity contribution in [3.63, 3.8) is 0 Å². The molecule has 0 aromatic carbocycles. The summed E-state index contributed by atoms with van der Waals surface area (Å²) in [5.41, 5.74) is 8.93. The zero-order valence-corrected chi connectivity index (χ0v) is 14.9. The number of primary amides is 1. The van der Waals surface area contributed by atoms with Crippen molar-refractivity contribution in [2.45, 2.75) is 47.0 Å². The predicted octanol–water partition coefficient (Wildman–Crippen LogP) is 4.07. The molecule has 0 saturated carbocycles. The number of aliphatic carboxylic acids is 1. The Morgan fingerprint density at radius 1 is 1.21 bits per heavy atom. The largest absolute Gasteiger partial charge is 0.478 e. The highest BCUT2D eigenvalue weighted by Gasteiger charge is 2.37. The number of allylic oxidation sites excluding steroid dienone is 8. The molecule has 1 rings (SSSR count). The van der Waals surface area contributed by atoms with E-state index in [0.29, 0.717) is 5.57 Å². The van der Waals surface area contributed by atoms with E-state index in [0.717, 1.165) is 36.5 Å². The van der Waals surface area contributed by atoms with Gasteiger partial charge >= 0.3 is 5.97 Å². The Bertz CT molecular complexity index is 662. The molecule has 0 unspecified atom stereocenters. The van der Waals surface area contributed by atoms with Crippen molar-refractivity contribution in [2.75, 3.05) is 0 Å². The van der Waals surface area contributed by atoms with Gasteiger partial charge in [-0.1, -0.05) is 41.5 Å². The molecule has 24 heavy (non-hydrogen) atoms. The summed E-state index contributed by atoms with van der Waals surface area (Å²) in [6.07, 6.45) is 13.3. The summed E-state index contributed by atoms with van der Waals surface area (Å²) in [5.74, 6) is -1.24. The minimum atomic E-state index is -0.955. The minimum absolute atomic E-state index is 0.280. The monoisotopic (exact) mass is 329 g/mol. The standard InChI is InChI=1S/C20H27NO3/c1-14(7-5-8-15(2)13-18(22)23)10-11-17-16(3)9-6-12-20(17,4)19(21)24/h5,7-8,10-11,13H,6,9,12H2,1-4H3,(H2,21,24)(H,22,23)/b8-5+,11-10+,14-7+,15-13+/t20-/m0/s1. The van der Waals surface area contributed by atoms with Gasteiger partial charge in [0, 0.05) is 6.08 Å². The molecule has 1 amide bonds. The third-order valence-corrected chi connectivity index (χ3v) is 4.41. The molecule has 130 valence electrons. The molecular weight excluding hydrogens is 302 g/mol. The summed E-state index contributed by atoms with van der Waals surface area (Å²) >= 11 is 0. The molecule has 4 nitrogen and oxygen atoms in total. The summed E-state index contributed by atoms with van der Waals surface area (Å²) in [7, 11) is 0. The summed E-state index contributed by atoms with van der Waals surface area (Å²) < 4.78 is 0. The lowest BCUT2D eigenvalue weighted by Crippen LogP contribution is -2.37. The average molecular weight is 329 g/mol. The van der Waals surface area contributed by atoms with Gasteiger partial charge in [0.1, 0.15) is 0 Å². The first kappa shape index (κ1) is 19.7. The highest BCUT2D eigenvalue weighted by atomic mass is 16.4. The van der Waals surface area contributed by atoms with E-state index >= 15 is 0 Å². The van der Waals surface area contributed by atoms with Gasteiger partial charge in [0.15, 0.2) is 0 Å². The summed E-state index contributed by atoms with van der Waals surface area (Å²) in [5, 5.41) is 8.66. The number of carboxylic acid groups (broad SMARTS) is 1. The summed E-state index contributed by atoms with van der Waals surface area (Å²) in [6.45, 7) is 7.66. The Morgan fingerprint density at radius 3 is 2.46 bits per heavy atom. The number of rotatable bonds is 6. The second-order valence-corrected chi connectivity index (χ2v) is 6.57. The quantitative estimate of drug-likeness (QED) is 0.569. The molecule has 0 aromatic rings. The molecule has 0 heterocycles. The average Bonchev–Trinajstić information content (AvgIpc) is 2.45. The van der Waals surface area contributed by atoms with Gasteiger partial charge in [-0.05, 0) is 58.1 Å². The normalized spacial score (nSPS) is 23.3. The Labute approximate surface area is 144 Å².